The number of phenols is 2. The van der Waals surface area contributed by atoms with Gasteiger partial charge in [-0.15, -0.1) is 0 Å². The van der Waals surface area contributed by atoms with E-state index in [4.69, 9.17) is 5.73 Å². The van der Waals surface area contributed by atoms with E-state index in [0.717, 1.165) is 11.3 Å². The van der Waals surface area contributed by atoms with Gasteiger partial charge in [-0.2, -0.15) is 0 Å². The lowest BCUT2D eigenvalue weighted by Gasteiger charge is -2.29. The Labute approximate surface area is 123 Å². The zero-order valence-corrected chi connectivity index (χ0v) is 11.9. The fourth-order valence-corrected chi connectivity index (χ4v) is 2.17. The van der Waals surface area contributed by atoms with Gasteiger partial charge in [-0.05, 0) is 49.2 Å². The van der Waals surface area contributed by atoms with E-state index in [2.05, 4.69) is 5.32 Å². The van der Waals surface area contributed by atoms with Gasteiger partial charge in [0.1, 0.15) is 17.0 Å². The van der Waals surface area contributed by atoms with Gasteiger partial charge in [0.05, 0.1) is 0 Å². The average molecular weight is 286 g/mol. The molecule has 5 nitrogen and oxygen atoms in total. The quantitative estimate of drug-likeness (QED) is 0.693. The maximum absolute atomic E-state index is 11.9. The number of carbonyl (C=O) groups is 1. The Morgan fingerprint density at radius 3 is 2.29 bits per heavy atom. The molecule has 0 spiro atoms. The standard InChI is InChI=1S/C16H18N2O3/c1-10-4-3-5-12(6-10)18-16(2,15(17)21)11-7-13(19)9-14(20)8-11/h3-9,18-20H,1-2H3,(H2,17,21). The zero-order valence-electron chi connectivity index (χ0n) is 11.9. The van der Waals surface area contributed by atoms with E-state index >= 15 is 0 Å². The number of hydrogen-bond donors (Lipinski definition) is 4. The zero-order chi connectivity index (χ0) is 15.6. The molecular formula is C16H18N2O3. The van der Waals surface area contributed by atoms with E-state index in [1.165, 1.54) is 18.2 Å². The van der Waals surface area contributed by atoms with Crippen LogP contribution in [0, 0.1) is 6.92 Å². The molecule has 21 heavy (non-hydrogen) atoms. The molecule has 0 aliphatic heterocycles. The molecule has 0 aromatic heterocycles. The molecule has 0 bridgehead atoms. The second kappa shape index (κ2) is 5.36. The monoisotopic (exact) mass is 286 g/mol. The average Bonchev–Trinajstić information content (AvgIpc) is 2.37. The third-order valence-electron chi connectivity index (χ3n) is 3.39. The summed E-state index contributed by atoms with van der Waals surface area (Å²) in [5.74, 6) is -0.888. The van der Waals surface area contributed by atoms with E-state index < -0.39 is 11.4 Å². The van der Waals surface area contributed by atoms with Crippen LogP contribution in [-0.4, -0.2) is 16.1 Å². The molecule has 0 radical (unpaired) electrons. The molecule has 2 rings (SSSR count). The lowest BCUT2D eigenvalue weighted by molar-refractivity contribution is -0.122. The van der Waals surface area contributed by atoms with Crippen molar-refractivity contribution in [1.29, 1.82) is 0 Å². The molecule has 0 heterocycles. The van der Waals surface area contributed by atoms with Crippen molar-refractivity contribution in [3.63, 3.8) is 0 Å². The topological polar surface area (TPSA) is 95.6 Å². The summed E-state index contributed by atoms with van der Waals surface area (Å²) in [7, 11) is 0. The maximum atomic E-state index is 11.9. The van der Waals surface area contributed by atoms with Gasteiger partial charge < -0.3 is 21.3 Å². The van der Waals surface area contributed by atoms with Crippen LogP contribution < -0.4 is 11.1 Å². The number of benzene rings is 2. The van der Waals surface area contributed by atoms with Gasteiger partial charge in [0.2, 0.25) is 5.91 Å². The number of primary amides is 1. The number of phenolic OH excluding ortho intramolecular Hbond substituents is 2. The van der Waals surface area contributed by atoms with Crippen LogP contribution in [-0.2, 0) is 10.3 Å². The largest absolute Gasteiger partial charge is 0.508 e. The summed E-state index contributed by atoms with van der Waals surface area (Å²) in [6, 6.07) is 11.5. The first-order valence-corrected chi connectivity index (χ1v) is 6.49. The molecule has 0 aliphatic rings. The molecule has 5 heteroatoms. The van der Waals surface area contributed by atoms with Crippen molar-refractivity contribution in [3.8, 4) is 11.5 Å². The minimum Gasteiger partial charge on any atom is -0.508 e. The number of hydrogen-bond acceptors (Lipinski definition) is 4. The van der Waals surface area contributed by atoms with Crippen LogP contribution in [0.3, 0.4) is 0 Å². The Kier molecular flexibility index (Phi) is 3.76. The van der Waals surface area contributed by atoms with Gasteiger partial charge in [0, 0.05) is 11.8 Å². The number of anilines is 1. The van der Waals surface area contributed by atoms with Crippen molar-refractivity contribution in [2.75, 3.05) is 5.32 Å². The highest BCUT2D eigenvalue weighted by Crippen LogP contribution is 2.31. The van der Waals surface area contributed by atoms with Crippen molar-refractivity contribution >= 4 is 11.6 Å². The Hall–Kier alpha value is -2.69. The number of nitrogens with two attached hydrogens (primary N) is 1. The van der Waals surface area contributed by atoms with Gasteiger partial charge in [0.15, 0.2) is 0 Å². The second-order valence-corrected chi connectivity index (χ2v) is 5.22. The molecule has 110 valence electrons. The van der Waals surface area contributed by atoms with Crippen molar-refractivity contribution < 1.29 is 15.0 Å². The van der Waals surface area contributed by atoms with Crippen LogP contribution in [0.15, 0.2) is 42.5 Å². The number of rotatable bonds is 4. The summed E-state index contributed by atoms with van der Waals surface area (Å²) in [4.78, 5) is 11.9. The Morgan fingerprint density at radius 2 is 1.76 bits per heavy atom. The maximum Gasteiger partial charge on any atom is 0.247 e. The molecule has 2 aromatic carbocycles. The van der Waals surface area contributed by atoms with Crippen LogP contribution in [0.25, 0.3) is 0 Å². The normalized spacial score (nSPS) is 13.4. The van der Waals surface area contributed by atoms with Crippen molar-refractivity contribution in [2.24, 2.45) is 5.73 Å². The molecule has 0 saturated carbocycles. The number of aryl methyl sites for hydroxylation is 1. The Bertz CT molecular complexity index is 665. The summed E-state index contributed by atoms with van der Waals surface area (Å²) < 4.78 is 0. The summed E-state index contributed by atoms with van der Waals surface area (Å²) in [5.41, 5.74) is 6.40. The van der Waals surface area contributed by atoms with Crippen molar-refractivity contribution in [3.05, 3.63) is 53.6 Å². The van der Waals surface area contributed by atoms with E-state index in [-0.39, 0.29) is 11.5 Å². The third kappa shape index (κ3) is 3.08. The number of amides is 1. The molecule has 5 N–H and O–H groups in total. The van der Waals surface area contributed by atoms with Gasteiger partial charge in [-0.1, -0.05) is 12.1 Å². The van der Waals surface area contributed by atoms with Crippen LogP contribution >= 0.6 is 0 Å². The molecular weight excluding hydrogens is 268 g/mol. The summed E-state index contributed by atoms with van der Waals surface area (Å²) in [6.07, 6.45) is 0. The molecule has 1 amide bonds. The van der Waals surface area contributed by atoms with E-state index in [9.17, 15) is 15.0 Å². The number of nitrogens with one attached hydrogen (secondary N) is 1. The first kappa shape index (κ1) is 14.7. The number of aromatic hydroxyl groups is 2. The third-order valence-corrected chi connectivity index (χ3v) is 3.39. The lowest BCUT2D eigenvalue weighted by Crippen LogP contribution is -2.45. The van der Waals surface area contributed by atoms with Crippen molar-refractivity contribution in [2.45, 2.75) is 19.4 Å². The fourth-order valence-electron chi connectivity index (χ4n) is 2.17. The van der Waals surface area contributed by atoms with Crippen LogP contribution in [0.5, 0.6) is 11.5 Å². The Balaban J connectivity index is 2.47. The van der Waals surface area contributed by atoms with Crippen LogP contribution in [0.4, 0.5) is 5.69 Å². The molecule has 2 aromatic rings. The highest BCUT2D eigenvalue weighted by atomic mass is 16.3. The van der Waals surface area contributed by atoms with Crippen LogP contribution in [0.2, 0.25) is 0 Å². The van der Waals surface area contributed by atoms with E-state index in [1.54, 1.807) is 6.92 Å². The molecule has 0 saturated heterocycles. The fraction of sp³-hybridized carbons (Fsp3) is 0.188. The molecule has 0 fully saturated rings. The highest BCUT2D eigenvalue weighted by Gasteiger charge is 2.34. The highest BCUT2D eigenvalue weighted by molar-refractivity contribution is 5.89. The lowest BCUT2D eigenvalue weighted by atomic mass is 9.90. The molecule has 0 aliphatic carbocycles. The minimum atomic E-state index is -1.26. The Morgan fingerprint density at radius 1 is 1.14 bits per heavy atom. The minimum absolute atomic E-state index is 0.136. The van der Waals surface area contributed by atoms with Gasteiger partial charge in [-0.3, -0.25) is 4.79 Å². The second-order valence-electron chi connectivity index (χ2n) is 5.22. The first-order valence-electron chi connectivity index (χ1n) is 6.49. The van der Waals surface area contributed by atoms with E-state index in [1.807, 2.05) is 31.2 Å². The van der Waals surface area contributed by atoms with Gasteiger partial charge in [-0.25, -0.2) is 0 Å². The van der Waals surface area contributed by atoms with Gasteiger partial charge >= 0.3 is 0 Å². The summed E-state index contributed by atoms with van der Waals surface area (Å²) in [5, 5.41) is 22.3. The molecule has 1 atom stereocenters. The van der Waals surface area contributed by atoms with Crippen molar-refractivity contribution in [1.82, 2.24) is 0 Å². The predicted octanol–water partition coefficient (Wildman–Crippen LogP) is 2.22. The van der Waals surface area contributed by atoms with Gasteiger partial charge in [0.25, 0.3) is 0 Å². The first-order chi connectivity index (χ1) is 9.81. The number of carbonyl (C=O) groups excluding carboxylic acids is 1. The smallest absolute Gasteiger partial charge is 0.247 e. The molecule has 1 unspecified atom stereocenters. The summed E-state index contributed by atoms with van der Waals surface area (Å²) in [6.45, 7) is 3.54. The SMILES string of the molecule is Cc1cccc(NC(C)(C(N)=O)c2cc(O)cc(O)c2)c1. The summed E-state index contributed by atoms with van der Waals surface area (Å²) >= 11 is 0. The predicted molar refractivity (Wildman–Crippen MR) is 81.1 cm³/mol. The van der Waals surface area contributed by atoms with Crippen LogP contribution in [0.1, 0.15) is 18.1 Å². The van der Waals surface area contributed by atoms with E-state index in [0.29, 0.717) is 5.56 Å².